The van der Waals surface area contributed by atoms with E-state index in [0.717, 1.165) is 22.7 Å². The molecule has 0 aliphatic heterocycles. The molecule has 2 aromatic carbocycles. The van der Waals surface area contributed by atoms with Crippen molar-refractivity contribution in [2.75, 3.05) is 41.9 Å². The van der Waals surface area contributed by atoms with Gasteiger partial charge in [0.1, 0.15) is 4.90 Å². The molecule has 0 spiro atoms. The third-order valence-corrected chi connectivity index (χ3v) is 6.99. The second kappa shape index (κ2) is 10.1. The molecule has 0 heterocycles. The van der Waals surface area contributed by atoms with Gasteiger partial charge < -0.3 is 14.4 Å². The molecular formula is C21H27ClN2O5S. The van der Waals surface area contributed by atoms with Crippen molar-refractivity contribution in [3.63, 3.8) is 0 Å². The van der Waals surface area contributed by atoms with E-state index in [1.54, 1.807) is 26.2 Å². The van der Waals surface area contributed by atoms with Crippen LogP contribution in [0.15, 0.2) is 41.3 Å². The van der Waals surface area contributed by atoms with E-state index in [2.05, 4.69) is 0 Å². The summed E-state index contributed by atoms with van der Waals surface area (Å²) in [6.07, 6.45) is 1.48. The van der Waals surface area contributed by atoms with Gasteiger partial charge in [0.25, 0.3) is 5.91 Å². The highest BCUT2D eigenvalue weighted by atomic mass is 35.5. The fraction of sp³-hybridized carbons (Fsp3) is 0.381. The second-order valence-electron chi connectivity index (χ2n) is 6.95. The zero-order valence-corrected chi connectivity index (χ0v) is 19.4. The molecule has 0 unspecified atom stereocenters. The molecule has 2 rings (SSSR count). The second-order valence-corrected chi connectivity index (χ2v) is 9.48. The molecule has 0 saturated carbocycles. The first-order chi connectivity index (χ1) is 14.1. The van der Waals surface area contributed by atoms with Gasteiger partial charge >= 0.3 is 0 Å². The lowest BCUT2D eigenvalue weighted by atomic mass is 10.1. The molecule has 7 nitrogen and oxygen atoms in total. The summed E-state index contributed by atoms with van der Waals surface area (Å²) in [6, 6.07) is 10.0. The predicted octanol–water partition coefficient (Wildman–Crippen LogP) is 3.31. The highest BCUT2D eigenvalue weighted by Gasteiger charge is 2.23. The number of benzene rings is 2. The smallest absolute Gasteiger partial charge is 0.253 e. The quantitative estimate of drug-likeness (QED) is 0.581. The number of hydrogen-bond acceptors (Lipinski definition) is 5. The van der Waals surface area contributed by atoms with Gasteiger partial charge in [-0.15, -0.1) is 0 Å². The van der Waals surface area contributed by atoms with Crippen LogP contribution in [0.5, 0.6) is 11.5 Å². The van der Waals surface area contributed by atoms with E-state index in [0.29, 0.717) is 18.0 Å². The Kier molecular flexibility index (Phi) is 8.11. The summed E-state index contributed by atoms with van der Waals surface area (Å²) < 4.78 is 36.5. The number of carbonyl (C=O) groups is 1. The minimum Gasteiger partial charge on any atom is -0.493 e. The number of halogens is 1. The van der Waals surface area contributed by atoms with Crippen molar-refractivity contribution < 1.29 is 22.7 Å². The molecule has 2 aromatic rings. The Morgan fingerprint density at radius 3 is 2.27 bits per heavy atom. The van der Waals surface area contributed by atoms with Crippen LogP contribution in [-0.4, -0.2) is 65.4 Å². The van der Waals surface area contributed by atoms with E-state index in [1.165, 1.54) is 32.3 Å². The molecule has 0 saturated heterocycles. The van der Waals surface area contributed by atoms with Crippen molar-refractivity contribution in [2.45, 2.75) is 17.7 Å². The van der Waals surface area contributed by atoms with Crippen molar-refractivity contribution in [1.29, 1.82) is 0 Å². The van der Waals surface area contributed by atoms with E-state index in [9.17, 15) is 13.2 Å². The zero-order valence-electron chi connectivity index (χ0n) is 17.8. The Bertz CT molecular complexity index is 1010. The minimum absolute atomic E-state index is 0.0800. The molecule has 0 atom stereocenters. The molecule has 9 heteroatoms. The number of hydrogen-bond donors (Lipinski definition) is 0. The van der Waals surface area contributed by atoms with Gasteiger partial charge in [0, 0.05) is 33.3 Å². The molecule has 30 heavy (non-hydrogen) atoms. The normalized spacial score (nSPS) is 11.4. The van der Waals surface area contributed by atoms with Crippen molar-refractivity contribution in [3.05, 3.63) is 52.5 Å². The first kappa shape index (κ1) is 24.0. The maximum Gasteiger partial charge on any atom is 0.253 e. The van der Waals surface area contributed by atoms with E-state index < -0.39 is 10.0 Å². The van der Waals surface area contributed by atoms with Crippen molar-refractivity contribution in [1.82, 2.24) is 9.21 Å². The number of amides is 1. The Morgan fingerprint density at radius 1 is 1.00 bits per heavy atom. The zero-order chi connectivity index (χ0) is 22.5. The molecule has 0 radical (unpaired) electrons. The van der Waals surface area contributed by atoms with Gasteiger partial charge in [-0.2, -0.15) is 0 Å². The van der Waals surface area contributed by atoms with Gasteiger partial charge in [0.05, 0.1) is 19.2 Å². The molecular weight excluding hydrogens is 428 g/mol. The lowest BCUT2D eigenvalue weighted by molar-refractivity contribution is 0.0793. The van der Waals surface area contributed by atoms with Crippen LogP contribution >= 0.6 is 11.6 Å². The monoisotopic (exact) mass is 454 g/mol. The first-order valence-corrected chi connectivity index (χ1v) is 11.1. The highest BCUT2D eigenvalue weighted by molar-refractivity contribution is 7.89. The van der Waals surface area contributed by atoms with Crippen LogP contribution in [-0.2, 0) is 16.4 Å². The van der Waals surface area contributed by atoms with Gasteiger partial charge in [0.2, 0.25) is 10.0 Å². The number of nitrogens with zero attached hydrogens (tertiary/aromatic N) is 2. The van der Waals surface area contributed by atoms with Crippen LogP contribution in [0.2, 0.25) is 5.02 Å². The number of carbonyl (C=O) groups excluding carboxylic acids is 1. The fourth-order valence-electron chi connectivity index (χ4n) is 2.91. The average Bonchev–Trinajstić information content (AvgIpc) is 2.72. The van der Waals surface area contributed by atoms with Gasteiger partial charge in [-0.25, -0.2) is 12.7 Å². The number of rotatable bonds is 9. The molecule has 0 N–H and O–H groups in total. The molecule has 0 aliphatic rings. The van der Waals surface area contributed by atoms with Gasteiger partial charge in [-0.1, -0.05) is 17.7 Å². The number of sulfonamides is 1. The predicted molar refractivity (Wildman–Crippen MR) is 117 cm³/mol. The summed E-state index contributed by atoms with van der Waals surface area (Å²) in [6.45, 7) is 0.506. The minimum atomic E-state index is -3.75. The Morgan fingerprint density at radius 2 is 1.67 bits per heavy atom. The topological polar surface area (TPSA) is 76.2 Å². The third-order valence-electron chi connectivity index (χ3n) is 4.69. The van der Waals surface area contributed by atoms with E-state index in [-0.39, 0.29) is 21.4 Å². The van der Waals surface area contributed by atoms with Gasteiger partial charge in [-0.05, 0) is 48.7 Å². The maximum absolute atomic E-state index is 12.8. The van der Waals surface area contributed by atoms with Crippen molar-refractivity contribution >= 4 is 27.5 Å². The number of aryl methyl sites for hydroxylation is 1. The van der Waals surface area contributed by atoms with Crippen molar-refractivity contribution in [3.8, 4) is 11.5 Å². The average molecular weight is 455 g/mol. The molecule has 0 aliphatic carbocycles. The molecule has 0 bridgehead atoms. The molecule has 1 amide bonds. The lowest BCUT2D eigenvalue weighted by Gasteiger charge is -2.19. The van der Waals surface area contributed by atoms with Crippen LogP contribution < -0.4 is 9.47 Å². The fourth-order valence-corrected chi connectivity index (χ4v) is 4.30. The van der Waals surface area contributed by atoms with Crippen LogP contribution in [0.4, 0.5) is 0 Å². The Hall–Kier alpha value is -2.29. The summed E-state index contributed by atoms with van der Waals surface area (Å²) in [5, 5.41) is 0.0800. The molecule has 0 fully saturated rings. The Labute approximate surface area is 183 Å². The van der Waals surface area contributed by atoms with Crippen molar-refractivity contribution in [2.24, 2.45) is 0 Å². The molecule has 164 valence electrons. The van der Waals surface area contributed by atoms with Crippen LogP contribution in [0, 0.1) is 0 Å². The largest absolute Gasteiger partial charge is 0.493 e. The number of ether oxygens (including phenoxy) is 2. The van der Waals surface area contributed by atoms with Crippen LogP contribution in [0.1, 0.15) is 22.3 Å². The van der Waals surface area contributed by atoms with E-state index in [4.69, 9.17) is 21.1 Å². The van der Waals surface area contributed by atoms with Gasteiger partial charge in [0.15, 0.2) is 11.5 Å². The number of methoxy groups -OCH3 is 2. The lowest BCUT2D eigenvalue weighted by Crippen LogP contribution is -2.28. The highest BCUT2D eigenvalue weighted by Crippen LogP contribution is 2.28. The summed E-state index contributed by atoms with van der Waals surface area (Å²) in [4.78, 5) is 14.3. The first-order valence-electron chi connectivity index (χ1n) is 9.30. The third kappa shape index (κ3) is 5.44. The molecule has 0 aromatic heterocycles. The van der Waals surface area contributed by atoms with Gasteiger partial charge in [-0.3, -0.25) is 4.79 Å². The maximum atomic E-state index is 12.8. The van der Waals surface area contributed by atoms with E-state index in [1.807, 2.05) is 18.2 Å². The summed E-state index contributed by atoms with van der Waals surface area (Å²) in [7, 11) is 3.95. The standard InChI is InChI=1S/C21H27ClN2O5S/c1-23(2)30(26,27)20-14-16(9-10-17(20)22)21(25)24(3)12-6-7-15-8-11-18(28-4)19(13-15)29-5/h8-11,13-14H,6-7,12H2,1-5H3. The van der Waals surface area contributed by atoms with E-state index >= 15 is 0 Å². The summed E-state index contributed by atoms with van der Waals surface area (Å²) in [5.41, 5.74) is 1.34. The Balaban J connectivity index is 2.06. The SMILES string of the molecule is COc1ccc(CCCN(C)C(=O)c2ccc(Cl)c(S(=O)(=O)N(C)C)c2)cc1OC. The van der Waals surface area contributed by atoms with Crippen LogP contribution in [0.25, 0.3) is 0 Å². The van der Waals surface area contributed by atoms with Crippen LogP contribution in [0.3, 0.4) is 0 Å². The summed E-state index contributed by atoms with van der Waals surface area (Å²) >= 11 is 6.06. The summed E-state index contributed by atoms with van der Waals surface area (Å²) in [5.74, 6) is 1.06.